The Morgan fingerprint density at radius 1 is 1.62 bits per heavy atom. The molecule has 5 heteroatoms. The number of esters is 1. The van der Waals surface area contributed by atoms with Gasteiger partial charge >= 0.3 is 5.97 Å². The summed E-state index contributed by atoms with van der Waals surface area (Å²) in [5.41, 5.74) is 0.244. The van der Waals surface area contributed by atoms with E-state index in [0.29, 0.717) is 19.0 Å². The maximum Gasteiger partial charge on any atom is 0.360 e. The Kier molecular flexibility index (Phi) is 3.56. The minimum atomic E-state index is -0.444. The van der Waals surface area contributed by atoms with Gasteiger partial charge in [-0.15, -0.1) is 0 Å². The molecule has 5 nitrogen and oxygen atoms in total. The Balaban J connectivity index is 2.14. The van der Waals surface area contributed by atoms with Crippen molar-refractivity contribution in [2.75, 3.05) is 13.2 Å². The smallest absolute Gasteiger partial charge is 0.360 e. The first-order valence-corrected chi connectivity index (χ1v) is 5.55. The van der Waals surface area contributed by atoms with Crippen molar-refractivity contribution in [2.24, 2.45) is 0 Å². The van der Waals surface area contributed by atoms with E-state index in [0.717, 1.165) is 19.3 Å². The average molecular weight is 225 g/mol. The molecule has 0 spiro atoms. The number of nitrogens with zero attached hydrogens (tertiary/aromatic N) is 1. The predicted octanol–water partition coefficient (Wildman–Crippen LogP) is 2.09. The zero-order valence-electron chi connectivity index (χ0n) is 9.27. The quantitative estimate of drug-likeness (QED) is 0.737. The molecule has 1 atom stereocenters. The fraction of sp³-hybridized carbons (Fsp3) is 0.636. The third kappa shape index (κ3) is 2.24. The molecule has 1 fully saturated rings. The summed E-state index contributed by atoms with van der Waals surface area (Å²) in [5, 5.41) is 0. The SMILES string of the molecule is CCOC(=O)c1ncoc1C1CCCCO1. The minimum Gasteiger partial charge on any atom is -0.461 e. The summed E-state index contributed by atoms with van der Waals surface area (Å²) in [6, 6.07) is 0. The molecule has 0 saturated carbocycles. The number of aromatic nitrogens is 1. The van der Waals surface area contributed by atoms with Crippen LogP contribution in [0.2, 0.25) is 0 Å². The van der Waals surface area contributed by atoms with Gasteiger partial charge in [0, 0.05) is 6.61 Å². The van der Waals surface area contributed by atoms with Crippen LogP contribution in [0.4, 0.5) is 0 Å². The van der Waals surface area contributed by atoms with Crippen molar-refractivity contribution < 1.29 is 18.7 Å². The van der Waals surface area contributed by atoms with E-state index in [1.165, 1.54) is 6.39 Å². The Morgan fingerprint density at radius 3 is 3.19 bits per heavy atom. The summed E-state index contributed by atoms with van der Waals surface area (Å²) in [4.78, 5) is 15.5. The van der Waals surface area contributed by atoms with Gasteiger partial charge in [-0.05, 0) is 26.2 Å². The molecule has 0 bridgehead atoms. The highest BCUT2D eigenvalue weighted by Crippen LogP contribution is 2.29. The largest absolute Gasteiger partial charge is 0.461 e. The summed E-state index contributed by atoms with van der Waals surface area (Å²) in [6.45, 7) is 2.79. The molecule has 1 aliphatic rings. The molecule has 2 rings (SSSR count). The second-order valence-corrected chi connectivity index (χ2v) is 3.64. The Morgan fingerprint density at radius 2 is 2.50 bits per heavy atom. The Hall–Kier alpha value is -1.36. The molecular formula is C11H15NO4. The van der Waals surface area contributed by atoms with Crippen LogP contribution in [0.3, 0.4) is 0 Å². The highest BCUT2D eigenvalue weighted by atomic mass is 16.5. The van der Waals surface area contributed by atoms with Crippen LogP contribution in [-0.4, -0.2) is 24.2 Å². The maximum atomic E-state index is 11.6. The predicted molar refractivity (Wildman–Crippen MR) is 55.0 cm³/mol. The van der Waals surface area contributed by atoms with E-state index in [1.54, 1.807) is 6.92 Å². The summed E-state index contributed by atoms with van der Waals surface area (Å²) < 4.78 is 15.7. The van der Waals surface area contributed by atoms with Crippen LogP contribution < -0.4 is 0 Å². The third-order valence-corrected chi connectivity index (χ3v) is 2.54. The van der Waals surface area contributed by atoms with Gasteiger partial charge in [0.1, 0.15) is 6.10 Å². The molecule has 1 saturated heterocycles. The van der Waals surface area contributed by atoms with Crippen molar-refractivity contribution in [1.82, 2.24) is 4.98 Å². The first-order valence-electron chi connectivity index (χ1n) is 5.55. The van der Waals surface area contributed by atoms with E-state index in [-0.39, 0.29) is 11.8 Å². The van der Waals surface area contributed by atoms with Gasteiger partial charge in [0.15, 0.2) is 17.8 Å². The number of carbonyl (C=O) groups is 1. The fourth-order valence-corrected chi connectivity index (χ4v) is 1.78. The molecule has 0 aromatic carbocycles. The van der Waals surface area contributed by atoms with Gasteiger partial charge in [0.2, 0.25) is 0 Å². The molecule has 2 heterocycles. The third-order valence-electron chi connectivity index (χ3n) is 2.54. The van der Waals surface area contributed by atoms with Crippen LogP contribution in [0.15, 0.2) is 10.8 Å². The molecular weight excluding hydrogens is 210 g/mol. The number of rotatable bonds is 3. The molecule has 0 aliphatic carbocycles. The van der Waals surface area contributed by atoms with Crippen molar-refractivity contribution >= 4 is 5.97 Å². The minimum absolute atomic E-state index is 0.157. The lowest BCUT2D eigenvalue weighted by Crippen LogP contribution is -2.15. The Labute approximate surface area is 93.7 Å². The summed E-state index contributed by atoms with van der Waals surface area (Å²) >= 11 is 0. The molecule has 1 aliphatic heterocycles. The van der Waals surface area contributed by atoms with E-state index in [4.69, 9.17) is 13.9 Å². The first-order chi connectivity index (χ1) is 7.83. The number of hydrogen-bond acceptors (Lipinski definition) is 5. The van der Waals surface area contributed by atoms with Gasteiger partial charge in [-0.3, -0.25) is 0 Å². The zero-order chi connectivity index (χ0) is 11.4. The van der Waals surface area contributed by atoms with E-state index in [1.807, 2.05) is 0 Å². The van der Waals surface area contributed by atoms with E-state index in [2.05, 4.69) is 4.98 Å². The van der Waals surface area contributed by atoms with Gasteiger partial charge in [-0.25, -0.2) is 9.78 Å². The average Bonchev–Trinajstić information content (AvgIpc) is 2.79. The monoisotopic (exact) mass is 225 g/mol. The van der Waals surface area contributed by atoms with Gasteiger partial charge in [0.25, 0.3) is 0 Å². The topological polar surface area (TPSA) is 61.6 Å². The molecule has 16 heavy (non-hydrogen) atoms. The van der Waals surface area contributed by atoms with Crippen molar-refractivity contribution in [3.63, 3.8) is 0 Å². The number of oxazole rings is 1. The molecule has 1 aromatic rings. The van der Waals surface area contributed by atoms with Crippen molar-refractivity contribution in [1.29, 1.82) is 0 Å². The van der Waals surface area contributed by atoms with Crippen LogP contribution in [0.5, 0.6) is 0 Å². The molecule has 0 amide bonds. The number of hydrogen-bond donors (Lipinski definition) is 0. The molecule has 0 radical (unpaired) electrons. The Bertz CT molecular complexity index is 355. The summed E-state index contributed by atoms with van der Waals surface area (Å²) in [7, 11) is 0. The van der Waals surface area contributed by atoms with Crippen LogP contribution in [0.25, 0.3) is 0 Å². The lowest BCUT2D eigenvalue weighted by atomic mass is 10.1. The van der Waals surface area contributed by atoms with Crippen molar-refractivity contribution in [3.05, 3.63) is 17.8 Å². The zero-order valence-corrected chi connectivity index (χ0v) is 9.27. The molecule has 0 N–H and O–H groups in total. The fourth-order valence-electron chi connectivity index (χ4n) is 1.78. The van der Waals surface area contributed by atoms with E-state index >= 15 is 0 Å². The highest BCUT2D eigenvalue weighted by molar-refractivity contribution is 5.88. The van der Waals surface area contributed by atoms with Gasteiger partial charge < -0.3 is 13.9 Å². The second kappa shape index (κ2) is 5.12. The van der Waals surface area contributed by atoms with Gasteiger partial charge in [0.05, 0.1) is 6.61 Å². The number of carbonyl (C=O) groups excluding carboxylic acids is 1. The number of ether oxygens (including phenoxy) is 2. The van der Waals surface area contributed by atoms with Gasteiger partial charge in [-0.1, -0.05) is 0 Å². The van der Waals surface area contributed by atoms with Crippen LogP contribution in [0.1, 0.15) is 48.5 Å². The lowest BCUT2D eigenvalue weighted by Gasteiger charge is -2.20. The van der Waals surface area contributed by atoms with Gasteiger partial charge in [-0.2, -0.15) is 0 Å². The standard InChI is InChI=1S/C11H15NO4/c1-2-14-11(13)9-10(16-7-12-9)8-5-3-4-6-15-8/h7-8H,2-6H2,1H3. The van der Waals surface area contributed by atoms with Crippen LogP contribution in [-0.2, 0) is 9.47 Å². The lowest BCUT2D eigenvalue weighted by molar-refractivity contribution is 0.000311. The van der Waals surface area contributed by atoms with Crippen molar-refractivity contribution in [3.8, 4) is 0 Å². The first kappa shape index (κ1) is 11.1. The highest BCUT2D eigenvalue weighted by Gasteiger charge is 2.27. The molecule has 1 unspecified atom stereocenters. The molecule has 88 valence electrons. The summed E-state index contributed by atoms with van der Waals surface area (Å²) in [6.07, 6.45) is 4.10. The molecule has 1 aromatic heterocycles. The van der Waals surface area contributed by atoms with E-state index in [9.17, 15) is 4.79 Å². The van der Waals surface area contributed by atoms with Crippen LogP contribution in [0, 0.1) is 0 Å². The van der Waals surface area contributed by atoms with E-state index < -0.39 is 5.97 Å². The van der Waals surface area contributed by atoms with Crippen LogP contribution >= 0.6 is 0 Å². The normalized spacial score (nSPS) is 20.7. The van der Waals surface area contributed by atoms with Crippen molar-refractivity contribution in [2.45, 2.75) is 32.3 Å². The second-order valence-electron chi connectivity index (χ2n) is 3.64. The summed E-state index contributed by atoms with van der Waals surface area (Å²) in [5.74, 6) is 0.0542. The maximum absolute atomic E-state index is 11.6.